The van der Waals surface area contributed by atoms with Crippen LogP contribution in [0.5, 0.6) is 0 Å². The average Bonchev–Trinajstić information content (AvgIpc) is 2.97. The van der Waals surface area contributed by atoms with Crippen molar-refractivity contribution in [3.8, 4) is 0 Å². The summed E-state index contributed by atoms with van der Waals surface area (Å²) in [5.41, 5.74) is 0.930. The number of hydrogen-bond donors (Lipinski definition) is 1. The van der Waals surface area contributed by atoms with Crippen LogP contribution in [0, 0.1) is 11.7 Å². The second kappa shape index (κ2) is 7.23. The molecular weight excluding hydrogens is 291 g/mol. The Hall–Kier alpha value is -1.13. The summed E-state index contributed by atoms with van der Waals surface area (Å²) in [5, 5.41) is 3.30. The molecule has 2 unspecified atom stereocenters. The predicted molar refractivity (Wildman–Crippen MR) is 82.9 cm³/mol. The number of halogens is 2. The van der Waals surface area contributed by atoms with E-state index in [1.165, 1.54) is 6.07 Å². The number of piperidine rings is 1. The standard InChI is InChI=1S/C16H21FN2O.ClH/c17-14-6-1-4-12(10-14)15-7-3-9-19(15)16(20)13-5-2-8-18-11-13;/h1,4,6,10,13,15,18H,2-3,5,7-9,11H2;1H. The summed E-state index contributed by atoms with van der Waals surface area (Å²) in [7, 11) is 0. The van der Waals surface area contributed by atoms with Crippen LogP contribution in [0.2, 0.25) is 0 Å². The van der Waals surface area contributed by atoms with Crippen molar-refractivity contribution in [1.29, 1.82) is 0 Å². The molecule has 1 aromatic rings. The van der Waals surface area contributed by atoms with Gasteiger partial charge in [-0.05, 0) is 49.9 Å². The zero-order chi connectivity index (χ0) is 13.9. The van der Waals surface area contributed by atoms with Crippen molar-refractivity contribution in [2.45, 2.75) is 31.7 Å². The molecule has 1 aromatic carbocycles. The van der Waals surface area contributed by atoms with Gasteiger partial charge in [-0.2, -0.15) is 0 Å². The predicted octanol–water partition coefficient (Wildman–Crippen LogP) is 2.91. The van der Waals surface area contributed by atoms with Crippen molar-refractivity contribution in [3.05, 3.63) is 35.6 Å². The van der Waals surface area contributed by atoms with E-state index < -0.39 is 0 Å². The van der Waals surface area contributed by atoms with Gasteiger partial charge in [-0.25, -0.2) is 4.39 Å². The Morgan fingerprint density at radius 3 is 2.86 bits per heavy atom. The number of nitrogens with one attached hydrogen (secondary N) is 1. The van der Waals surface area contributed by atoms with Gasteiger partial charge in [0.1, 0.15) is 5.82 Å². The Kier molecular flexibility index (Phi) is 5.59. The van der Waals surface area contributed by atoms with E-state index in [-0.39, 0.29) is 36.1 Å². The highest BCUT2D eigenvalue weighted by molar-refractivity contribution is 5.85. The normalized spacial score (nSPS) is 25.5. The molecule has 0 radical (unpaired) electrons. The second-order valence-electron chi connectivity index (χ2n) is 5.79. The number of carbonyl (C=O) groups excluding carboxylic acids is 1. The van der Waals surface area contributed by atoms with Crippen LogP contribution in [-0.2, 0) is 4.79 Å². The van der Waals surface area contributed by atoms with Crippen LogP contribution < -0.4 is 5.32 Å². The molecule has 0 bridgehead atoms. The van der Waals surface area contributed by atoms with Gasteiger partial charge >= 0.3 is 0 Å². The average molecular weight is 313 g/mol. The molecule has 5 heteroatoms. The van der Waals surface area contributed by atoms with Gasteiger partial charge in [0, 0.05) is 13.1 Å². The van der Waals surface area contributed by atoms with E-state index in [1.807, 2.05) is 11.0 Å². The van der Waals surface area contributed by atoms with Gasteiger partial charge in [-0.1, -0.05) is 12.1 Å². The van der Waals surface area contributed by atoms with Gasteiger partial charge in [-0.3, -0.25) is 4.79 Å². The van der Waals surface area contributed by atoms with Crippen molar-refractivity contribution in [2.24, 2.45) is 5.92 Å². The number of carbonyl (C=O) groups is 1. The van der Waals surface area contributed by atoms with Crippen LogP contribution in [0.25, 0.3) is 0 Å². The zero-order valence-corrected chi connectivity index (χ0v) is 12.9. The van der Waals surface area contributed by atoms with Crippen molar-refractivity contribution < 1.29 is 9.18 Å². The van der Waals surface area contributed by atoms with Gasteiger partial charge in [0.15, 0.2) is 0 Å². The van der Waals surface area contributed by atoms with E-state index in [0.717, 1.165) is 50.9 Å². The van der Waals surface area contributed by atoms with Crippen LogP contribution in [0.1, 0.15) is 37.3 Å². The Morgan fingerprint density at radius 2 is 2.14 bits per heavy atom. The van der Waals surface area contributed by atoms with Gasteiger partial charge in [0.05, 0.1) is 12.0 Å². The summed E-state index contributed by atoms with van der Waals surface area (Å²) in [6, 6.07) is 6.73. The molecule has 2 fully saturated rings. The minimum absolute atomic E-state index is 0. The van der Waals surface area contributed by atoms with Crippen molar-refractivity contribution in [2.75, 3.05) is 19.6 Å². The first-order chi connectivity index (χ1) is 9.75. The highest BCUT2D eigenvalue weighted by Gasteiger charge is 2.34. The molecule has 2 saturated heterocycles. The van der Waals surface area contributed by atoms with Crippen LogP contribution in [0.3, 0.4) is 0 Å². The van der Waals surface area contributed by atoms with Crippen molar-refractivity contribution in [1.82, 2.24) is 10.2 Å². The highest BCUT2D eigenvalue weighted by Crippen LogP contribution is 2.34. The first-order valence-corrected chi connectivity index (χ1v) is 7.52. The number of hydrogen-bond acceptors (Lipinski definition) is 2. The fourth-order valence-corrected chi connectivity index (χ4v) is 3.39. The Balaban J connectivity index is 0.00000161. The SMILES string of the molecule is Cl.O=C(C1CCCNC1)N1CCCC1c1cccc(F)c1. The van der Waals surface area contributed by atoms with Gasteiger partial charge in [0.2, 0.25) is 5.91 Å². The van der Waals surface area contributed by atoms with Crippen LogP contribution >= 0.6 is 12.4 Å². The lowest BCUT2D eigenvalue weighted by Gasteiger charge is -2.31. The van der Waals surface area contributed by atoms with E-state index in [4.69, 9.17) is 0 Å². The maximum absolute atomic E-state index is 13.4. The smallest absolute Gasteiger partial charge is 0.227 e. The molecule has 3 rings (SSSR count). The van der Waals surface area contributed by atoms with Crippen LogP contribution in [0.4, 0.5) is 4.39 Å². The third kappa shape index (κ3) is 3.55. The summed E-state index contributed by atoms with van der Waals surface area (Å²) < 4.78 is 13.4. The van der Waals surface area contributed by atoms with E-state index in [9.17, 15) is 9.18 Å². The third-order valence-corrected chi connectivity index (χ3v) is 4.42. The molecule has 2 heterocycles. The maximum Gasteiger partial charge on any atom is 0.227 e. The summed E-state index contributed by atoms with van der Waals surface area (Å²) in [6.45, 7) is 2.60. The molecule has 0 spiro atoms. The lowest BCUT2D eigenvalue weighted by Crippen LogP contribution is -2.42. The molecular formula is C16H22ClFN2O. The van der Waals surface area contributed by atoms with Crippen LogP contribution in [-0.4, -0.2) is 30.4 Å². The number of likely N-dealkylation sites (tertiary alicyclic amines) is 1. The molecule has 0 aliphatic carbocycles. The topological polar surface area (TPSA) is 32.3 Å². The lowest BCUT2D eigenvalue weighted by atomic mass is 9.96. The molecule has 2 atom stereocenters. The minimum atomic E-state index is -0.221. The van der Waals surface area contributed by atoms with E-state index in [1.54, 1.807) is 12.1 Å². The summed E-state index contributed by atoms with van der Waals surface area (Å²) >= 11 is 0. The maximum atomic E-state index is 13.4. The van der Waals surface area contributed by atoms with Crippen molar-refractivity contribution >= 4 is 18.3 Å². The molecule has 21 heavy (non-hydrogen) atoms. The molecule has 2 aliphatic heterocycles. The van der Waals surface area contributed by atoms with Gasteiger partial charge in [0.25, 0.3) is 0 Å². The fourth-order valence-electron chi connectivity index (χ4n) is 3.39. The van der Waals surface area contributed by atoms with E-state index in [0.29, 0.717) is 0 Å². The summed E-state index contributed by atoms with van der Waals surface area (Å²) in [5.74, 6) is 0.114. The first kappa shape index (κ1) is 16.2. The molecule has 116 valence electrons. The summed E-state index contributed by atoms with van der Waals surface area (Å²) in [4.78, 5) is 14.6. The van der Waals surface area contributed by atoms with E-state index >= 15 is 0 Å². The second-order valence-corrected chi connectivity index (χ2v) is 5.79. The molecule has 1 amide bonds. The largest absolute Gasteiger partial charge is 0.335 e. The summed E-state index contributed by atoms with van der Waals surface area (Å²) in [6.07, 6.45) is 3.98. The third-order valence-electron chi connectivity index (χ3n) is 4.42. The van der Waals surface area contributed by atoms with Crippen molar-refractivity contribution in [3.63, 3.8) is 0 Å². The Labute approximate surface area is 131 Å². The molecule has 0 aromatic heterocycles. The van der Waals surface area contributed by atoms with E-state index in [2.05, 4.69) is 5.32 Å². The lowest BCUT2D eigenvalue weighted by molar-refractivity contribution is -0.137. The molecule has 3 nitrogen and oxygen atoms in total. The Bertz CT molecular complexity index is 491. The van der Waals surface area contributed by atoms with Crippen LogP contribution in [0.15, 0.2) is 24.3 Å². The minimum Gasteiger partial charge on any atom is -0.335 e. The fraction of sp³-hybridized carbons (Fsp3) is 0.562. The molecule has 0 saturated carbocycles. The molecule has 2 aliphatic rings. The quantitative estimate of drug-likeness (QED) is 0.910. The van der Waals surface area contributed by atoms with Gasteiger partial charge in [-0.15, -0.1) is 12.4 Å². The number of rotatable bonds is 2. The number of nitrogens with zero attached hydrogens (tertiary/aromatic N) is 1. The number of amides is 1. The van der Waals surface area contributed by atoms with Gasteiger partial charge < -0.3 is 10.2 Å². The Morgan fingerprint density at radius 1 is 1.29 bits per heavy atom. The number of benzene rings is 1. The first-order valence-electron chi connectivity index (χ1n) is 7.52. The zero-order valence-electron chi connectivity index (χ0n) is 12.1. The molecule has 1 N–H and O–H groups in total. The highest BCUT2D eigenvalue weighted by atomic mass is 35.5. The monoisotopic (exact) mass is 312 g/mol.